The molecule has 0 saturated carbocycles. The number of rotatable bonds is 4. The number of nitrogens with one attached hydrogen (secondary N) is 1. The van der Waals surface area contributed by atoms with Crippen molar-refractivity contribution in [2.24, 2.45) is 0 Å². The number of carboxylic acids is 1. The first-order valence-electron chi connectivity index (χ1n) is 8.28. The quantitative estimate of drug-likeness (QED) is 0.755. The van der Waals surface area contributed by atoms with Gasteiger partial charge in [0.15, 0.2) is 5.60 Å². The van der Waals surface area contributed by atoms with Crippen molar-refractivity contribution in [3.8, 4) is 0 Å². The van der Waals surface area contributed by atoms with Crippen LogP contribution in [0.4, 0.5) is 0 Å². The molecular formula is C16H23N3O4. The van der Waals surface area contributed by atoms with Crippen LogP contribution in [0.15, 0.2) is 0 Å². The Balaban J connectivity index is 1.53. The Morgan fingerprint density at radius 3 is 2.61 bits per heavy atom. The summed E-state index contributed by atoms with van der Waals surface area (Å²) < 4.78 is 0. The van der Waals surface area contributed by atoms with Crippen molar-refractivity contribution in [3.63, 3.8) is 0 Å². The predicted octanol–water partition coefficient (Wildman–Crippen LogP) is 0.659. The second-order valence-electron chi connectivity index (χ2n) is 6.55. The van der Waals surface area contributed by atoms with Gasteiger partial charge in [-0.2, -0.15) is 5.10 Å². The van der Waals surface area contributed by atoms with Gasteiger partial charge in [0.2, 0.25) is 5.91 Å². The Bertz CT molecular complexity index is 602. The molecule has 3 N–H and O–H groups in total. The van der Waals surface area contributed by atoms with E-state index < -0.39 is 11.6 Å². The van der Waals surface area contributed by atoms with Crippen LogP contribution in [0.1, 0.15) is 49.1 Å². The highest BCUT2D eigenvalue weighted by Gasteiger charge is 2.40. The summed E-state index contributed by atoms with van der Waals surface area (Å²) in [5, 5.41) is 26.3. The third-order valence-corrected chi connectivity index (χ3v) is 5.06. The number of carbonyl (C=O) groups is 2. The van der Waals surface area contributed by atoms with Crippen LogP contribution < -0.4 is 0 Å². The maximum absolute atomic E-state index is 12.3. The van der Waals surface area contributed by atoms with Gasteiger partial charge in [-0.3, -0.25) is 9.89 Å². The van der Waals surface area contributed by atoms with Gasteiger partial charge in [0.05, 0.1) is 5.69 Å². The Kier molecular flexibility index (Phi) is 4.39. The van der Waals surface area contributed by atoms with E-state index in [1.54, 1.807) is 4.90 Å². The van der Waals surface area contributed by atoms with E-state index in [2.05, 4.69) is 10.2 Å². The van der Waals surface area contributed by atoms with Gasteiger partial charge in [-0.1, -0.05) is 0 Å². The fraction of sp³-hybridized carbons (Fsp3) is 0.688. The van der Waals surface area contributed by atoms with Crippen molar-refractivity contribution < 1.29 is 19.8 Å². The van der Waals surface area contributed by atoms with Crippen LogP contribution in [0.5, 0.6) is 0 Å². The Morgan fingerprint density at radius 2 is 1.91 bits per heavy atom. The van der Waals surface area contributed by atoms with E-state index in [0.717, 1.165) is 18.5 Å². The molecule has 1 fully saturated rings. The molecule has 0 spiro atoms. The van der Waals surface area contributed by atoms with Crippen molar-refractivity contribution in [3.05, 3.63) is 17.0 Å². The maximum atomic E-state index is 12.3. The number of aliphatic hydroxyl groups is 1. The predicted molar refractivity (Wildman–Crippen MR) is 82.0 cm³/mol. The van der Waals surface area contributed by atoms with E-state index in [4.69, 9.17) is 5.11 Å². The van der Waals surface area contributed by atoms with Gasteiger partial charge >= 0.3 is 5.97 Å². The van der Waals surface area contributed by atoms with Crippen molar-refractivity contribution in [1.29, 1.82) is 0 Å². The van der Waals surface area contributed by atoms with Gasteiger partial charge < -0.3 is 15.1 Å². The highest BCUT2D eigenvalue weighted by atomic mass is 16.4. The molecule has 0 bridgehead atoms. The largest absolute Gasteiger partial charge is 0.479 e. The molecule has 7 nitrogen and oxygen atoms in total. The van der Waals surface area contributed by atoms with Gasteiger partial charge in [0.25, 0.3) is 0 Å². The molecule has 1 aliphatic heterocycles. The Labute approximate surface area is 134 Å². The van der Waals surface area contributed by atoms with Crippen molar-refractivity contribution in [1.82, 2.24) is 15.1 Å². The van der Waals surface area contributed by atoms with Crippen LogP contribution in [0.3, 0.4) is 0 Å². The summed E-state index contributed by atoms with van der Waals surface area (Å²) >= 11 is 0. The number of aliphatic carboxylic acids is 1. The molecular weight excluding hydrogens is 298 g/mol. The van der Waals surface area contributed by atoms with Crippen molar-refractivity contribution in [2.45, 2.75) is 57.0 Å². The fourth-order valence-electron chi connectivity index (χ4n) is 3.48. The van der Waals surface area contributed by atoms with E-state index in [1.807, 2.05) is 0 Å². The minimum absolute atomic E-state index is 0.00463. The fourth-order valence-corrected chi connectivity index (χ4v) is 3.48. The first-order valence-corrected chi connectivity index (χ1v) is 8.28. The molecule has 0 atom stereocenters. The number of hydrogen-bond donors (Lipinski definition) is 3. The first-order chi connectivity index (χ1) is 11.0. The molecule has 0 radical (unpaired) electrons. The zero-order valence-corrected chi connectivity index (χ0v) is 13.2. The number of nitrogens with zero attached hydrogens (tertiary/aromatic N) is 2. The highest BCUT2D eigenvalue weighted by molar-refractivity contribution is 5.79. The second-order valence-corrected chi connectivity index (χ2v) is 6.55. The van der Waals surface area contributed by atoms with Crippen LogP contribution in [-0.4, -0.2) is 55.9 Å². The number of carboxylic acid groups (broad SMARTS) is 1. The van der Waals surface area contributed by atoms with Crippen molar-refractivity contribution >= 4 is 11.9 Å². The number of piperidine rings is 1. The number of hydrogen-bond acceptors (Lipinski definition) is 4. The zero-order valence-electron chi connectivity index (χ0n) is 13.2. The molecule has 0 unspecified atom stereocenters. The van der Waals surface area contributed by atoms with Crippen molar-refractivity contribution in [2.75, 3.05) is 13.1 Å². The summed E-state index contributed by atoms with van der Waals surface area (Å²) in [6.07, 6.45) is 5.60. The number of carbonyl (C=O) groups excluding carboxylic acids is 1. The topological polar surface area (TPSA) is 107 Å². The normalized spacial score (nSPS) is 20.1. The van der Waals surface area contributed by atoms with Crippen LogP contribution in [0, 0.1) is 0 Å². The molecule has 1 aromatic heterocycles. The summed E-state index contributed by atoms with van der Waals surface area (Å²) in [6, 6.07) is 0. The minimum Gasteiger partial charge on any atom is -0.479 e. The number of H-pyrrole nitrogens is 1. The summed E-state index contributed by atoms with van der Waals surface area (Å²) in [7, 11) is 0. The lowest BCUT2D eigenvalue weighted by Gasteiger charge is -2.35. The molecule has 1 saturated heterocycles. The molecule has 23 heavy (non-hydrogen) atoms. The smallest absolute Gasteiger partial charge is 0.335 e. The number of fused-ring (bicyclic) bond motifs is 1. The minimum atomic E-state index is -1.68. The number of aromatic nitrogens is 2. The SMILES string of the molecule is O=C(CCc1n[nH]c2c1CCCC2)N1CCC(O)(C(=O)O)CC1. The second kappa shape index (κ2) is 6.31. The third-order valence-electron chi connectivity index (χ3n) is 5.06. The number of aryl methyl sites for hydroxylation is 2. The van der Waals surface area contributed by atoms with Crippen LogP contribution in [-0.2, 0) is 28.9 Å². The molecule has 2 heterocycles. The van der Waals surface area contributed by atoms with Crippen LogP contribution >= 0.6 is 0 Å². The summed E-state index contributed by atoms with van der Waals surface area (Å²) in [6.45, 7) is 0.584. The molecule has 126 valence electrons. The van der Waals surface area contributed by atoms with Crippen LogP contribution in [0.25, 0.3) is 0 Å². The highest BCUT2D eigenvalue weighted by Crippen LogP contribution is 2.25. The lowest BCUT2D eigenvalue weighted by molar-refractivity contribution is -0.165. The number of aromatic amines is 1. The summed E-state index contributed by atoms with van der Waals surface area (Å²) in [4.78, 5) is 25.0. The average Bonchev–Trinajstić information content (AvgIpc) is 2.96. The molecule has 7 heteroatoms. The molecule has 3 rings (SSSR count). The van der Waals surface area contributed by atoms with Gasteiger partial charge in [0, 0.05) is 44.5 Å². The zero-order chi connectivity index (χ0) is 16.4. The number of amides is 1. The van der Waals surface area contributed by atoms with Gasteiger partial charge in [-0.25, -0.2) is 4.79 Å². The van der Waals surface area contributed by atoms with E-state index in [-0.39, 0.29) is 18.7 Å². The molecule has 1 aliphatic carbocycles. The summed E-state index contributed by atoms with van der Waals surface area (Å²) in [5.41, 5.74) is 1.80. The molecule has 2 aliphatic rings. The number of likely N-dealkylation sites (tertiary alicyclic amines) is 1. The van der Waals surface area contributed by atoms with E-state index in [1.165, 1.54) is 24.1 Å². The van der Waals surface area contributed by atoms with E-state index in [9.17, 15) is 14.7 Å². The lowest BCUT2D eigenvalue weighted by atomic mass is 9.91. The maximum Gasteiger partial charge on any atom is 0.335 e. The Hall–Kier alpha value is -1.89. The standard InChI is InChI=1S/C16H23N3O4/c20-14(19-9-7-16(23,8-10-19)15(21)22)6-5-13-11-3-1-2-4-12(11)17-18-13/h23H,1-10H2,(H,17,18)(H,21,22). The third kappa shape index (κ3) is 3.24. The van der Waals surface area contributed by atoms with Gasteiger partial charge in [0.1, 0.15) is 0 Å². The molecule has 1 aromatic rings. The molecule has 1 amide bonds. The lowest BCUT2D eigenvalue weighted by Crippen LogP contribution is -2.50. The molecule has 0 aromatic carbocycles. The average molecular weight is 321 g/mol. The van der Waals surface area contributed by atoms with E-state index in [0.29, 0.717) is 25.9 Å². The summed E-state index contributed by atoms with van der Waals surface area (Å²) in [5.74, 6) is -1.20. The van der Waals surface area contributed by atoms with E-state index >= 15 is 0 Å². The first kappa shape index (κ1) is 16.0. The van der Waals surface area contributed by atoms with Crippen LogP contribution in [0.2, 0.25) is 0 Å². The monoisotopic (exact) mass is 321 g/mol. The Morgan fingerprint density at radius 1 is 1.22 bits per heavy atom. The van der Waals surface area contributed by atoms with Gasteiger partial charge in [-0.05, 0) is 31.2 Å². The van der Waals surface area contributed by atoms with Gasteiger partial charge in [-0.15, -0.1) is 0 Å².